The Labute approximate surface area is 204 Å². The molecule has 0 unspecified atom stereocenters. The first-order valence-electron chi connectivity index (χ1n) is 12.7. The van der Waals surface area contributed by atoms with Crippen LogP contribution in [0.4, 0.5) is 4.79 Å². The van der Waals surface area contributed by atoms with Crippen molar-refractivity contribution in [2.45, 2.75) is 68.5 Å². The van der Waals surface area contributed by atoms with Crippen LogP contribution in [-0.2, 0) is 14.3 Å². The SMILES string of the molecule is O=C(N[C@@H]1CCC[C@@H]1C(=O)N1C2CCC1(C(=O)O)CC2)OCC1c2ccccc2-c2ccccc21. The summed E-state index contributed by atoms with van der Waals surface area (Å²) in [5, 5.41) is 12.8. The van der Waals surface area contributed by atoms with Crippen molar-refractivity contribution in [3.63, 3.8) is 0 Å². The van der Waals surface area contributed by atoms with E-state index < -0.39 is 23.5 Å². The number of ether oxygens (including phenoxy) is 1. The molecule has 2 aliphatic carbocycles. The average Bonchev–Trinajstić information content (AvgIpc) is 3.64. The number of nitrogens with zero attached hydrogens (tertiary/aromatic N) is 1. The van der Waals surface area contributed by atoms with Crippen LogP contribution < -0.4 is 5.32 Å². The molecule has 0 radical (unpaired) electrons. The van der Waals surface area contributed by atoms with Crippen molar-refractivity contribution >= 4 is 18.0 Å². The maximum Gasteiger partial charge on any atom is 0.407 e. The van der Waals surface area contributed by atoms with Crippen molar-refractivity contribution in [3.8, 4) is 11.1 Å². The first-order chi connectivity index (χ1) is 17.0. The molecule has 35 heavy (non-hydrogen) atoms. The van der Waals surface area contributed by atoms with E-state index in [1.807, 2.05) is 24.3 Å². The van der Waals surface area contributed by atoms with Crippen molar-refractivity contribution in [2.75, 3.05) is 6.61 Å². The van der Waals surface area contributed by atoms with Crippen LogP contribution in [0, 0.1) is 5.92 Å². The summed E-state index contributed by atoms with van der Waals surface area (Å²) in [6, 6.07) is 16.1. The largest absolute Gasteiger partial charge is 0.479 e. The number of amides is 2. The van der Waals surface area contributed by atoms with Crippen LogP contribution in [0.15, 0.2) is 48.5 Å². The zero-order valence-electron chi connectivity index (χ0n) is 19.6. The Balaban J connectivity index is 1.13. The number of alkyl carbamates (subject to hydrolysis) is 1. The standard InChI is InChI=1S/C28H30N2O5/c31-25(30-17-12-14-28(30,15-13-17)26(32)33)22-10-5-11-24(22)29-27(34)35-16-23-20-8-3-1-6-18(20)19-7-2-4-9-21(19)23/h1-4,6-9,17,22-24H,5,10-16H2,(H,29,34)(H,32,33)/t17?,22-,24+,28?/m0/s1. The van der Waals surface area contributed by atoms with Gasteiger partial charge in [-0.2, -0.15) is 0 Å². The molecule has 2 aliphatic heterocycles. The molecule has 182 valence electrons. The van der Waals surface area contributed by atoms with Gasteiger partial charge >= 0.3 is 12.1 Å². The zero-order chi connectivity index (χ0) is 24.2. The van der Waals surface area contributed by atoms with Crippen LogP contribution in [0.25, 0.3) is 11.1 Å². The fourth-order valence-electron chi connectivity index (χ4n) is 7.03. The smallest absolute Gasteiger partial charge is 0.407 e. The van der Waals surface area contributed by atoms with Crippen LogP contribution in [-0.4, -0.2) is 52.2 Å². The number of hydrogen-bond acceptors (Lipinski definition) is 4. The first kappa shape index (κ1) is 22.1. The predicted molar refractivity (Wildman–Crippen MR) is 129 cm³/mol. The van der Waals surface area contributed by atoms with Gasteiger partial charge < -0.3 is 20.1 Å². The number of carbonyl (C=O) groups is 3. The lowest BCUT2D eigenvalue weighted by molar-refractivity contribution is -0.157. The van der Waals surface area contributed by atoms with Crippen LogP contribution in [0.5, 0.6) is 0 Å². The topological polar surface area (TPSA) is 95.9 Å². The number of nitrogens with one attached hydrogen (secondary N) is 1. The Morgan fingerprint density at radius 3 is 2.20 bits per heavy atom. The molecule has 2 aromatic rings. The quantitative estimate of drug-likeness (QED) is 0.674. The molecule has 2 aromatic carbocycles. The molecule has 4 aliphatic rings. The Morgan fingerprint density at radius 1 is 0.943 bits per heavy atom. The highest BCUT2D eigenvalue weighted by molar-refractivity contribution is 5.90. The minimum absolute atomic E-state index is 0.00862. The van der Waals surface area contributed by atoms with Crippen molar-refractivity contribution in [3.05, 3.63) is 59.7 Å². The van der Waals surface area contributed by atoms with E-state index in [2.05, 4.69) is 29.6 Å². The maximum atomic E-state index is 13.5. The Hall–Kier alpha value is -3.35. The molecule has 6 rings (SSSR count). The van der Waals surface area contributed by atoms with Crippen LogP contribution >= 0.6 is 0 Å². The molecule has 2 N–H and O–H groups in total. The van der Waals surface area contributed by atoms with Gasteiger partial charge in [0.15, 0.2) is 0 Å². The average molecular weight is 475 g/mol. The van der Waals surface area contributed by atoms with Gasteiger partial charge in [-0.1, -0.05) is 55.0 Å². The Kier molecular flexibility index (Phi) is 5.31. The third kappa shape index (κ3) is 3.43. The van der Waals surface area contributed by atoms with Gasteiger partial charge in [-0.15, -0.1) is 0 Å². The first-order valence-corrected chi connectivity index (χ1v) is 12.7. The number of aliphatic carboxylic acids is 1. The molecule has 2 saturated heterocycles. The monoisotopic (exact) mass is 474 g/mol. The van der Waals surface area contributed by atoms with Gasteiger partial charge in [-0.25, -0.2) is 9.59 Å². The highest BCUT2D eigenvalue weighted by Gasteiger charge is 2.60. The van der Waals surface area contributed by atoms with Crippen molar-refractivity contribution in [2.24, 2.45) is 5.92 Å². The van der Waals surface area contributed by atoms with E-state index in [-0.39, 0.29) is 30.5 Å². The third-order valence-electron chi connectivity index (χ3n) is 8.72. The fourth-order valence-corrected chi connectivity index (χ4v) is 7.03. The summed E-state index contributed by atoms with van der Waals surface area (Å²) in [7, 11) is 0. The summed E-state index contributed by atoms with van der Waals surface area (Å²) in [5.41, 5.74) is 3.59. The van der Waals surface area contributed by atoms with E-state index >= 15 is 0 Å². The van der Waals surface area contributed by atoms with Gasteiger partial charge in [0, 0.05) is 18.0 Å². The highest BCUT2D eigenvalue weighted by atomic mass is 16.5. The highest BCUT2D eigenvalue weighted by Crippen LogP contribution is 2.48. The number of carboxylic acid groups (broad SMARTS) is 1. The second-order valence-corrected chi connectivity index (χ2v) is 10.4. The van der Waals surface area contributed by atoms with Gasteiger partial charge in [-0.05, 0) is 60.8 Å². The Morgan fingerprint density at radius 2 is 1.57 bits per heavy atom. The second kappa shape index (κ2) is 8.40. The van der Waals surface area contributed by atoms with Crippen molar-refractivity contribution < 1.29 is 24.2 Å². The van der Waals surface area contributed by atoms with Gasteiger partial charge in [0.05, 0.1) is 5.92 Å². The molecular weight excluding hydrogens is 444 g/mol. The predicted octanol–water partition coefficient (Wildman–Crippen LogP) is 4.30. The van der Waals surface area contributed by atoms with Crippen LogP contribution in [0.2, 0.25) is 0 Å². The molecular formula is C28H30N2O5. The third-order valence-corrected chi connectivity index (χ3v) is 8.72. The molecule has 0 spiro atoms. The molecule has 2 heterocycles. The molecule has 2 bridgehead atoms. The lowest BCUT2D eigenvalue weighted by Gasteiger charge is -2.34. The van der Waals surface area contributed by atoms with E-state index in [4.69, 9.17) is 4.74 Å². The van der Waals surface area contributed by atoms with E-state index in [1.54, 1.807) is 4.90 Å². The van der Waals surface area contributed by atoms with Crippen LogP contribution in [0.3, 0.4) is 0 Å². The van der Waals surface area contributed by atoms with Gasteiger partial charge in [0.1, 0.15) is 12.1 Å². The van der Waals surface area contributed by atoms with Gasteiger partial charge in [0.2, 0.25) is 5.91 Å². The summed E-state index contributed by atoms with van der Waals surface area (Å²) >= 11 is 0. The summed E-state index contributed by atoms with van der Waals surface area (Å²) in [5.74, 6) is -1.43. The summed E-state index contributed by atoms with van der Waals surface area (Å²) in [6.45, 7) is 0.224. The number of carbonyl (C=O) groups excluding carboxylic acids is 2. The van der Waals surface area contributed by atoms with Gasteiger partial charge in [-0.3, -0.25) is 4.79 Å². The minimum atomic E-state index is -1.06. The minimum Gasteiger partial charge on any atom is -0.479 e. The summed E-state index contributed by atoms with van der Waals surface area (Å²) in [4.78, 5) is 40.1. The van der Waals surface area contributed by atoms with E-state index in [1.165, 1.54) is 11.1 Å². The lowest BCUT2D eigenvalue weighted by atomic mass is 9.87. The number of carboxylic acids is 1. The zero-order valence-corrected chi connectivity index (χ0v) is 19.6. The van der Waals surface area contributed by atoms with Crippen LogP contribution in [0.1, 0.15) is 62.0 Å². The molecule has 3 fully saturated rings. The number of rotatable bonds is 5. The molecule has 2 atom stereocenters. The fraction of sp³-hybridized carbons (Fsp3) is 0.464. The molecule has 7 nitrogen and oxygen atoms in total. The van der Waals surface area contributed by atoms with Gasteiger partial charge in [0.25, 0.3) is 0 Å². The number of fused-ring (bicyclic) bond motifs is 5. The normalized spacial score (nSPS) is 28.6. The molecule has 0 aromatic heterocycles. The summed E-state index contributed by atoms with van der Waals surface area (Å²) in [6.07, 6.45) is 4.19. The second-order valence-electron chi connectivity index (χ2n) is 10.4. The van der Waals surface area contributed by atoms with E-state index in [9.17, 15) is 19.5 Å². The Bertz CT molecular complexity index is 1140. The lowest BCUT2D eigenvalue weighted by Crippen LogP contribution is -2.55. The van der Waals surface area contributed by atoms with Crippen molar-refractivity contribution in [1.82, 2.24) is 10.2 Å². The van der Waals surface area contributed by atoms with E-state index in [0.717, 1.165) is 30.4 Å². The van der Waals surface area contributed by atoms with E-state index in [0.29, 0.717) is 25.7 Å². The molecule has 2 amide bonds. The summed E-state index contributed by atoms with van der Waals surface area (Å²) < 4.78 is 5.70. The molecule has 1 saturated carbocycles. The maximum absolute atomic E-state index is 13.5. The van der Waals surface area contributed by atoms with Crippen molar-refractivity contribution in [1.29, 1.82) is 0 Å². The molecule has 7 heteroatoms. The number of benzene rings is 2. The number of hydrogen-bond donors (Lipinski definition) is 2.